The van der Waals surface area contributed by atoms with Crippen LogP contribution in [0.15, 0.2) is 0 Å². The van der Waals surface area contributed by atoms with Crippen molar-refractivity contribution in [3.8, 4) is 0 Å². The Hall–Kier alpha value is -0.810. The fourth-order valence-electron chi connectivity index (χ4n) is 2.61. The molecule has 1 rings (SSSR count). The first-order valence-corrected chi connectivity index (χ1v) is 7.80. The Labute approximate surface area is 128 Å². The maximum Gasteiger partial charge on any atom is 0.407 e. The predicted octanol–water partition coefficient (Wildman–Crippen LogP) is 2.71. The monoisotopic (exact) mass is 301 g/mol. The highest BCUT2D eigenvalue weighted by Crippen LogP contribution is 2.42. The molecule has 0 aliphatic heterocycles. The second kappa shape index (κ2) is 7.45. The van der Waals surface area contributed by atoms with Crippen LogP contribution in [0, 0.1) is 11.3 Å². The standard InChI is InChI=1S/C16H31NO4/c1-12(20-5)8-16(11-18,9-13-6-7-13)10-17-14(19)21-15(2,3)4/h12-13,18H,6-11H2,1-5H3,(H,17,19). The van der Waals surface area contributed by atoms with Gasteiger partial charge in [0.2, 0.25) is 0 Å². The number of hydrogen-bond acceptors (Lipinski definition) is 4. The fourth-order valence-corrected chi connectivity index (χ4v) is 2.61. The number of amides is 1. The Morgan fingerprint density at radius 1 is 1.38 bits per heavy atom. The molecule has 0 saturated heterocycles. The van der Waals surface area contributed by atoms with Gasteiger partial charge in [-0.25, -0.2) is 4.79 Å². The van der Waals surface area contributed by atoms with E-state index in [2.05, 4.69) is 5.32 Å². The second-order valence-corrected chi connectivity index (χ2v) is 7.41. The molecule has 124 valence electrons. The van der Waals surface area contributed by atoms with Gasteiger partial charge >= 0.3 is 6.09 Å². The number of rotatable bonds is 8. The van der Waals surface area contributed by atoms with Crippen molar-refractivity contribution in [1.29, 1.82) is 0 Å². The molecule has 0 aromatic heterocycles. The van der Waals surface area contributed by atoms with E-state index in [9.17, 15) is 9.90 Å². The van der Waals surface area contributed by atoms with E-state index in [0.717, 1.165) is 12.8 Å². The van der Waals surface area contributed by atoms with Crippen LogP contribution in [-0.2, 0) is 9.47 Å². The van der Waals surface area contributed by atoms with Crippen molar-refractivity contribution in [3.63, 3.8) is 0 Å². The summed E-state index contributed by atoms with van der Waals surface area (Å²) in [6.07, 6.45) is 3.71. The number of ether oxygens (including phenoxy) is 2. The van der Waals surface area contributed by atoms with Gasteiger partial charge in [0.1, 0.15) is 5.60 Å². The van der Waals surface area contributed by atoms with Gasteiger partial charge in [-0.15, -0.1) is 0 Å². The fraction of sp³-hybridized carbons (Fsp3) is 0.938. The number of carbonyl (C=O) groups excluding carboxylic acids is 1. The molecule has 0 aromatic carbocycles. The van der Waals surface area contributed by atoms with Crippen LogP contribution in [0.3, 0.4) is 0 Å². The summed E-state index contributed by atoms with van der Waals surface area (Å²) >= 11 is 0. The third kappa shape index (κ3) is 7.14. The van der Waals surface area contributed by atoms with Gasteiger partial charge in [-0.2, -0.15) is 0 Å². The molecule has 21 heavy (non-hydrogen) atoms. The smallest absolute Gasteiger partial charge is 0.407 e. The van der Waals surface area contributed by atoms with Crippen LogP contribution >= 0.6 is 0 Å². The van der Waals surface area contributed by atoms with Crippen molar-refractivity contribution in [2.24, 2.45) is 11.3 Å². The van der Waals surface area contributed by atoms with Gasteiger partial charge in [0.15, 0.2) is 0 Å². The van der Waals surface area contributed by atoms with Crippen LogP contribution in [0.1, 0.15) is 53.4 Å². The molecule has 0 bridgehead atoms. The van der Waals surface area contributed by atoms with Crippen molar-refractivity contribution >= 4 is 6.09 Å². The van der Waals surface area contributed by atoms with E-state index in [0.29, 0.717) is 12.5 Å². The van der Waals surface area contributed by atoms with Gasteiger partial charge < -0.3 is 19.9 Å². The first-order valence-electron chi connectivity index (χ1n) is 7.80. The molecule has 1 aliphatic carbocycles. The van der Waals surface area contributed by atoms with E-state index in [-0.39, 0.29) is 18.1 Å². The number of methoxy groups -OCH3 is 1. The Balaban J connectivity index is 2.60. The Morgan fingerprint density at radius 2 is 2.00 bits per heavy atom. The maximum absolute atomic E-state index is 11.8. The van der Waals surface area contributed by atoms with E-state index in [4.69, 9.17) is 9.47 Å². The van der Waals surface area contributed by atoms with E-state index in [1.165, 1.54) is 12.8 Å². The van der Waals surface area contributed by atoms with Gasteiger partial charge in [0.25, 0.3) is 0 Å². The zero-order valence-electron chi connectivity index (χ0n) is 14.1. The number of carbonyl (C=O) groups is 1. The molecule has 1 saturated carbocycles. The first kappa shape index (κ1) is 18.2. The molecule has 1 fully saturated rings. The summed E-state index contributed by atoms with van der Waals surface area (Å²) in [6, 6.07) is 0. The maximum atomic E-state index is 11.8. The van der Waals surface area contributed by atoms with Crippen LogP contribution in [0.5, 0.6) is 0 Å². The molecule has 2 atom stereocenters. The van der Waals surface area contributed by atoms with Crippen molar-refractivity contribution in [2.45, 2.75) is 65.1 Å². The number of hydrogen-bond donors (Lipinski definition) is 2. The van der Waals surface area contributed by atoms with E-state index in [1.807, 2.05) is 27.7 Å². The third-order valence-corrected chi connectivity index (χ3v) is 3.88. The highest BCUT2D eigenvalue weighted by atomic mass is 16.6. The molecule has 0 heterocycles. The lowest BCUT2D eigenvalue weighted by molar-refractivity contribution is 0.0167. The highest BCUT2D eigenvalue weighted by Gasteiger charge is 2.38. The number of aliphatic hydroxyl groups excluding tert-OH is 1. The number of nitrogens with one attached hydrogen (secondary N) is 1. The quantitative estimate of drug-likeness (QED) is 0.723. The Kier molecular flexibility index (Phi) is 6.47. The Morgan fingerprint density at radius 3 is 2.43 bits per heavy atom. The summed E-state index contributed by atoms with van der Waals surface area (Å²) in [5, 5.41) is 12.7. The molecule has 0 aromatic rings. The van der Waals surface area contributed by atoms with Crippen molar-refractivity contribution < 1.29 is 19.4 Å². The lowest BCUT2D eigenvalue weighted by atomic mass is 9.78. The summed E-state index contributed by atoms with van der Waals surface area (Å²) in [5.74, 6) is 0.668. The average Bonchev–Trinajstić information content (AvgIpc) is 3.17. The molecule has 5 heteroatoms. The summed E-state index contributed by atoms with van der Waals surface area (Å²) in [5.41, 5.74) is -0.838. The predicted molar refractivity (Wildman–Crippen MR) is 82.2 cm³/mol. The van der Waals surface area contributed by atoms with E-state index in [1.54, 1.807) is 7.11 Å². The van der Waals surface area contributed by atoms with Crippen LogP contribution in [-0.4, -0.2) is 43.2 Å². The molecule has 0 spiro atoms. The van der Waals surface area contributed by atoms with Crippen LogP contribution in [0.2, 0.25) is 0 Å². The number of aliphatic hydroxyl groups is 1. The topological polar surface area (TPSA) is 67.8 Å². The minimum Gasteiger partial charge on any atom is -0.444 e. The lowest BCUT2D eigenvalue weighted by Crippen LogP contribution is -2.44. The van der Waals surface area contributed by atoms with Crippen LogP contribution < -0.4 is 5.32 Å². The van der Waals surface area contributed by atoms with Gasteiger partial charge in [0.05, 0.1) is 12.7 Å². The molecular formula is C16H31NO4. The minimum atomic E-state index is -0.512. The number of alkyl carbamates (subject to hydrolysis) is 1. The minimum absolute atomic E-state index is 0.0486. The summed E-state index contributed by atoms with van der Waals surface area (Å²) < 4.78 is 10.6. The zero-order chi connectivity index (χ0) is 16.1. The van der Waals surface area contributed by atoms with E-state index >= 15 is 0 Å². The van der Waals surface area contributed by atoms with E-state index < -0.39 is 11.7 Å². The molecule has 0 radical (unpaired) electrons. The molecule has 2 N–H and O–H groups in total. The van der Waals surface area contributed by atoms with Gasteiger partial charge in [-0.3, -0.25) is 0 Å². The van der Waals surface area contributed by atoms with Gasteiger partial charge in [-0.05, 0) is 46.5 Å². The second-order valence-electron chi connectivity index (χ2n) is 7.41. The molecule has 5 nitrogen and oxygen atoms in total. The van der Waals surface area contributed by atoms with Gasteiger partial charge in [-0.1, -0.05) is 12.8 Å². The molecule has 1 amide bonds. The van der Waals surface area contributed by atoms with Crippen molar-refractivity contribution in [2.75, 3.05) is 20.3 Å². The largest absolute Gasteiger partial charge is 0.444 e. The van der Waals surface area contributed by atoms with Gasteiger partial charge in [0, 0.05) is 19.1 Å². The van der Waals surface area contributed by atoms with Crippen molar-refractivity contribution in [3.05, 3.63) is 0 Å². The highest BCUT2D eigenvalue weighted by molar-refractivity contribution is 5.67. The van der Waals surface area contributed by atoms with Crippen LogP contribution in [0.4, 0.5) is 4.79 Å². The zero-order valence-corrected chi connectivity index (χ0v) is 14.1. The van der Waals surface area contributed by atoms with Crippen molar-refractivity contribution in [1.82, 2.24) is 5.32 Å². The molecule has 1 aliphatic rings. The third-order valence-electron chi connectivity index (χ3n) is 3.88. The summed E-state index contributed by atoms with van der Waals surface area (Å²) in [4.78, 5) is 11.8. The molecular weight excluding hydrogens is 270 g/mol. The summed E-state index contributed by atoms with van der Waals surface area (Å²) in [7, 11) is 1.67. The van der Waals surface area contributed by atoms with Crippen LogP contribution in [0.25, 0.3) is 0 Å². The lowest BCUT2D eigenvalue weighted by Gasteiger charge is -2.34. The first-order chi connectivity index (χ1) is 9.69. The molecule has 2 unspecified atom stereocenters. The Bertz CT molecular complexity index is 336. The average molecular weight is 301 g/mol. The SMILES string of the molecule is COC(C)CC(CO)(CNC(=O)OC(C)(C)C)CC1CC1. The normalized spacial score (nSPS) is 19.7. The summed E-state index contributed by atoms with van der Waals surface area (Å²) in [6.45, 7) is 7.97.